The first-order valence-electron chi connectivity index (χ1n) is 13.4. The van der Waals surface area contributed by atoms with Gasteiger partial charge in [0.15, 0.2) is 0 Å². The van der Waals surface area contributed by atoms with Crippen LogP contribution in [0.4, 0.5) is 37.7 Å². The van der Waals surface area contributed by atoms with Gasteiger partial charge in [-0.1, -0.05) is 12.0 Å². The summed E-state index contributed by atoms with van der Waals surface area (Å²) in [4.78, 5) is 1.15. The Morgan fingerprint density at radius 2 is 1.61 bits per heavy atom. The third-order valence-electron chi connectivity index (χ3n) is 7.08. The number of likely N-dealkylation sites (tertiary alicyclic amines) is 1. The van der Waals surface area contributed by atoms with E-state index in [-0.39, 0.29) is 29.7 Å². The Balaban J connectivity index is 1.48. The highest BCUT2D eigenvalue weighted by Crippen LogP contribution is 2.32. The molecule has 8 nitrogen and oxygen atoms in total. The number of fused-ring (bicyclic) bond motifs is 1. The third-order valence-corrected chi connectivity index (χ3v) is 9.50. The van der Waals surface area contributed by atoms with Gasteiger partial charge in [-0.15, -0.1) is 0 Å². The summed E-state index contributed by atoms with van der Waals surface area (Å²) in [6, 6.07) is 10.5. The number of alkyl halides is 6. The number of nitrogens with one attached hydrogen (secondary N) is 2. The predicted octanol–water partition coefficient (Wildman–Crippen LogP) is 4.88. The first kappa shape index (κ1) is 33.5. The zero-order chi connectivity index (χ0) is 32.3. The second kappa shape index (κ2) is 12.9. The van der Waals surface area contributed by atoms with Gasteiger partial charge in [0.2, 0.25) is 0 Å². The van der Waals surface area contributed by atoms with Crippen molar-refractivity contribution in [3.63, 3.8) is 0 Å². The Hall–Kier alpha value is -3.42. The molecule has 0 unspecified atom stereocenters. The van der Waals surface area contributed by atoms with Crippen LogP contribution >= 0.6 is 0 Å². The molecule has 2 N–H and O–H groups in total. The van der Waals surface area contributed by atoms with Crippen molar-refractivity contribution >= 4 is 42.0 Å². The summed E-state index contributed by atoms with van der Waals surface area (Å²) in [6.45, 7) is 0.461. The molecular formula is C28H30F6N4O4S2. The van der Waals surface area contributed by atoms with E-state index in [9.17, 15) is 43.2 Å². The minimum atomic E-state index is -5.49. The maximum absolute atomic E-state index is 13.5. The van der Waals surface area contributed by atoms with Gasteiger partial charge in [-0.2, -0.15) is 26.3 Å². The van der Waals surface area contributed by atoms with E-state index in [2.05, 4.69) is 27.4 Å². The summed E-state index contributed by atoms with van der Waals surface area (Å²) in [5, 5.41) is 6.76. The minimum absolute atomic E-state index is 0.0392. The second-order valence-electron chi connectivity index (χ2n) is 10.5. The van der Waals surface area contributed by atoms with Gasteiger partial charge in [0, 0.05) is 48.7 Å². The van der Waals surface area contributed by atoms with Crippen molar-refractivity contribution in [1.82, 2.24) is 9.47 Å². The summed E-state index contributed by atoms with van der Waals surface area (Å²) < 4.78 is 126. The molecule has 44 heavy (non-hydrogen) atoms. The molecule has 1 fully saturated rings. The number of hydrogen-bond donors (Lipinski definition) is 2. The molecule has 0 radical (unpaired) electrons. The quantitative estimate of drug-likeness (QED) is 0.249. The van der Waals surface area contributed by atoms with Crippen molar-refractivity contribution < 1.29 is 43.2 Å². The van der Waals surface area contributed by atoms with E-state index in [1.807, 2.05) is 0 Å². The average molecular weight is 665 g/mol. The molecule has 1 aliphatic heterocycles. The van der Waals surface area contributed by atoms with Gasteiger partial charge < -0.3 is 20.1 Å². The Morgan fingerprint density at radius 3 is 2.20 bits per heavy atom. The molecule has 16 heteroatoms. The number of halogens is 6. The highest BCUT2D eigenvalue weighted by Gasteiger charge is 2.46. The molecule has 240 valence electrons. The standard InChI is InChI=1S/C28H30F6N4O4S2/c1-43(39,40)17-16-37-14-11-21(12-15-37)36-25-5-2-6-26-24(25)18-22(38(26)19-27(29,30)31)4-3-13-35-20-7-9-23(10-8-20)44(41,42)28(32,33)34/h2,5-10,18,21,35-36H,11-17,19H2,1H3. The largest absolute Gasteiger partial charge is 0.501 e. The van der Waals surface area contributed by atoms with E-state index in [0.29, 0.717) is 36.2 Å². The molecule has 2 heterocycles. The normalized spacial score (nSPS) is 15.6. The predicted molar refractivity (Wildman–Crippen MR) is 156 cm³/mol. The van der Waals surface area contributed by atoms with Crippen molar-refractivity contribution in [1.29, 1.82) is 0 Å². The van der Waals surface area contributed by atoms with Crippen LogP contribution in [0.1, 0.15) is 18.5 Å². The summed E-state index contributed by atoms with van der Waals surface area (Å²) >= 11 is 0. The molecule has 0 bridgehead atoms. The molecule has 0 saturated carbocycles. The lowest BCUT2D eigenvalue weighted by atomic mass is 10.0. The Bertz CT molecular complexity index is 1750. The molecule has 1 saturated heterocycles. The lowest BCUT2D eigenvalue weighted by molar-refractivity contribution is -0.140. The van der Waals surface area contributed by atoms with Gasteiger partial charge in [0.05, 0.1) is 28.4 Å². The third kappa shape index (κ3) is 8.60. The van der Waals surface area contributed by atoms with E-state index >= 15 is 0 Å². The highest BCUT2D eigenvalue weighted by atomic mass is 32.2. The maximum Gasteiger partial charge on any atom is 0.501 e. The van der Waals surface area contributed by atoms with Crippen LogP contribution in [-0.2, 0) is 26.2 Å². The monoisotopic (exact) mass is 664 g/mol. The summed E-state index contributed by atoms with van der Waals surface area (Å²) in [6.07, 6.45) is -1.88. The minimum Gasteiger partial charge on any atom is -0.382 e. The van der Waals surface area contributed by atoms with E-state index in [0.717, 1.165) is 41.7 Å². The lowest BCUT2D eigenvalue weighted by Crippen LogP contribution is -2.41. The van der Waals surface area contributed by atoms with Crippen molar-refractivity contribution in [3.05, 3.63) is 54.2 Å². The first-order valence-corrected chi connectivity index (χ1v) is 17.0. The number of sulfone groups is 2. The number of hydrogen-bond acceptors (Lipinski definition) is 7. The Morgan fingerprint density at radius 1 is 0.955 bits per heavy atom. The van der Waals surface area contributed by atoms with Crippen molar-refractivity contribution in [2.75, 3.05) is 48.8 Å². The molecule has 3 aromatic rings. The first-order chi connectivity index (χ1) is 20.4. The number of benzene rings is 2. The second-order valence-corrected chi connectivity index (χ2v) is 14.7. The van der Waals surface area contributed by atoms with E-state index in [4.69, 9.17) is 0 Å². The molecule has 0 atom stereocenters. The van der Waals surface area contributed by atoms with Crippen molar-refractivity contribution in [3.8, 4) is 11.8 Å². The van der Waals surface area contributed by atoms with Gasteiger partial charge in [0.1, 0.15) is 16.4 Å². The molecule has 0 spiro atoms. The lowest BCUT2D eigenvalue weighted by Gasteiger charge is -2.32. The smallest absolute Gasteiger partial charge is 0.382 e. The van der Waals surface area contributed by atoms with Crippen LogP contribution in [0.5, 0.6) is 0 Å². The summed E-state index contributed by atoms with van der Waals surface area (Å²) in [7, 11) is -8.56. The van der Waals surface area contributed by atoms with Crippen LogP contribution in [0.15, 0.2) is 53.4 Å². The fourth-order valence-electron chi connectivity index (χ4n) is 4.85. The zero-order valence-electron chi connectivity index (χ0n) is 23.5. The van der Waals surface area contributed by atoms with Crippen LogP contribution in [0.3, 0.4) is 0 Å². The Labute approximate surface area is 251 Å². The van der Waals surface area contributed by atoms with Crippen LogP contribution in [0.2, 0.25) is 0 Å². The number of rotatable bonds is 9. The summed E-state index contributed by atoms with van der Waals surface area (Å²) in [5.41, 5.74) is -4.08. The highest BCUT2D eigenvalue weighted by molar-refractivity contribution is 7.92. The number of aromatic nitrogens is 1. The molecule has 0 aliphatic carbocycles. The maximum atomic E-state index is 13.5. The van der Waals surface area contributed by atoms with Crippen LogP contribution in [0.25, 0.3) is 10.9 Å². The van der Waals surface area contributed by atoms with Gasteiger partial charge >= 0.3 is 11.7 Å². The van der Waals surface area contributed by atoms with Crippen molar-refractivity contribution in [2.24, 2.45) is 0 Å². The van der Waals surface area contributed by atoms with Gasteiger partial charge in [-0.05, 0) is 61.2 Å². The van der Waals surface area contributed by atoms with Crippen LogP contribution < -0.4 is 10.6 Å². The van der Waals surface area contributed by atoms with Gasteiger partial charge in [0.25, 0.3) is 9.84 Å². The topological polar surface area (TPSA) is 101 Å². The fourth-order valence-corrected chi connectivity index (χ4v) is 6.20. The molecule has 4 rings (SSSR count). The number of anilines is 2. The number of nitrogens with zero attached hydrogens (tertiary/aromatic N) is 2. The summed E-state index contributed by atoms with van der Waals surface area (Å²) in [5.74, 6) is 5.53. The molecule has 0 amide bonds. The molecule has 2 aromatic carbocycles. The van der Waals surface area contributed by atoms with E-state index in [1.165, 1.54) is 6.26 Å². The Kier molecular flexibility index (Phi) is 9.81. The fraction of sp³-hybridized carbons (Fsp3) is 0.429. The zero-order valence-corrected chi connectivity index (χ0v) is 25.1. The molecule has 1 aromatic heterocycles. The van der Waals surface area contributed by atoms with Crippen LogP contribution in [0, 0.1) is 11.8 Å². The van der Waals surface area contributed by atoms with E-state index in [1.54, 1.807) is 24.3 Å². The SMILES string of the molecule is CS(=O)(=O)CCN1CCC(Nc2cccc3c2cc(C#CCNc2ccc(S(=O)(=O)C(F)(F)F)cc2)n3CC(F)(F)F)CC1. The molecule has 1 aliphatic rings. The van der Waals surface area contributed by atoms with Gasteiger partial charge in [-0.3, -0.25) is 0 Å². The van der Waals surface area contributed by atoms with Crippen LogP contribution in [-0.4, -0.2) is 82.2 Å². The van der Waals surface area contributed by atoms with E-state index < -0.39 is 42.8 Å². The van der Waals surface area contributed by atoms with Gasteiger partial charge in [-0.25, -0.2) is 16.8 Å². The van der Waals surface area contributed by atoms with Crippen molar-refractivity contribution in [2.45, 2.75) is 42.0 Å². The average Bonchev–Trinajstić information content (AvgIpc) is 3.26. The molecular weight excluding hydrogens is 634 g/mol. The number of piperidine rings is 1.